The number of alkyl halides is 3. The van der Waals surface area contributed by atoms with Crippen molar-refractivity contribution >= 4 is 0 Å². The molecule has 2 aromatic carbocycles. The number of hydrogen-bond donors (Lipinski definition) is 1. The zero-order chi connectivity index (χ0) is 14.8. The normalized spacial score (nSPS) is 11.4. The molecule has 0 saturated heterocycles. The number of benzene rings is 2. The lowest BCUT2D eigenvalue weighted by Gasteiger charge is -2.15. The Morgan fingerprint density at radius 3 is 2.40 bits per heavy atom. The number of halogens is 3. The first-order valence-corrected chi connectivity index (χ1v) is 5.96. The van der Waals surface area contributed by atoms with Crippen LogP contribution in [-0.4, -0.2) is 5.11 Å². The van der Waals surface area contributed by atoms with Crippen LogP contribution < -0.4 is 4.74 Å². The second-order valence-electron chi connectivity index (χ2n) is 4.37. The van der Waals surface area contributed by atoms with Crippen molar-refractivity contribution in [1.82, 2.24) is 0 Å². The summed E-state index contributed by atoms with van der Waals surface area (Å²) in [5, 5.41) is 9.25. The van der Waals surface area contributed by atoms with E-state index in [1.807, 2.05) is 6.92 Å². The second kappa shape index (κ2) is 5.54. The number of hydrogen-bond acceptors (Lipinski definition) is 2. The Morgan fingerprint density at radius 1 is 1.05 bits per heavy atom. The topological polar surface area (TPSA) is 29.5 Å². The maximum Gasteiger partial charge on any atom is 0.419 e. The zero-order valence-corrected chi connectivity index (χ0v) is 10.7. The van der Waals surface area contributed by atoms with Gasteiger partial charge in [0.05, 0.1) is 12.2 Å². The predicted octanol–water partition coefficient (Wildman–Crippen LogP) is 4.30. The largest absolute Gasteiger partial charge is 0.456 e. The Bertz CT molecular complexity index is 606. The maximum absolute atomic E-state index is 12.9. The van der Waals surface area contributed by atoms with Gasteiger partial charge in [0.25, 0.3) is 0 Å². The average Bonchev–Trinajstić information content (AvgIpc) is 2.40. The number of ether oxygens (including phenoxy) is 1. The lowest BCUT2D eigenvalue weighted by molar-refractivity contribution is -0.138. The van der Waals surface area contributed by atoms with E-state index in [4.69, 9.17) is 4.74 Å². The summed E-state index contributed by atoms with van der Waals surface area (Å²) in [4.78, 5) is 0. The van der Waals surface area contributed by atoms with Gasteiger partial charge in [0.2, 0.25) is 0 Å². The molecule has 0 spiro atoms. The van der Waals surface area contributed by atoms with Gasteiger partial charge in [-0.05, 0) is 25.1 Å². The fraction of sp³-hybridized carbons (Fsp3) is 0.200. The smallest absolute Gasteiger partial charge is 0.419 e. The zero-order valence-electron chi connectivity index (χ0n) is 10.7. The molecule has 5 heteroatoms. The molecule has 0 unspecified atom stereocenters. The minimum absolute atomic E-state index is 0.217. The fourth-order valence-corrected chi connectivity index (χ4v) is 1.84. The summed E-state index contributed by atoms with van der Waals surface area (Å²) in [7, 11) is 0. The molecule has 0 aromatic heterocycles. The van der Waals surface area contributed by atoms with Gasteiger partial charge in [-0.1, -0.05) is 29.8 Å². The molecular weight excluding hydrogens is 269 g/mol. The summed E-state index contributed by atoms with van der Waals surface area (Å²) < 4.78 is 43.9. The predicted molar refractivity (Wildman–Crippen MR) is 68.6 cm³/mol. The standard InChI is InChI=1S/C15H13F3O2/c1-10-6-7-13(11(8-10)9-19)20-14-5-3-2-4-12(14)15(16,17)18/h2-8,19H,9H2,1H3. The SMILES string of the molecule is Cc1ccc(Oc2ccccc2C(F)(F)F)c(CO)c1. The molecule has 1 N–H and O–H groups in total. The first-order chi connectivity index (χ1) is 9.41. The highest BCUT2D eigenvalue weighted by molar-refractivity contribution is 5.43. The van der Waals surface area contributed by atoms with Crippen LogP contribution in [-0.2, 0) is 12.8 Å². The molecule has 0 bridgehead atoms. The maximum atomic E-state index is 12.9. The lowest BCUT2D eigenvalue weighted by atomic mass is 10.1. The van der Waals surface area contributed by atoms with Gasteiger partial charge in [0.1, 0.15) is 11.5 Å². The Balaban J connectivity index is 2.41. The molecule has 0 saturated carbocycles. The molecule has 2 rings (SSSR count). The van der Waals surface area contributed by atoms with Gasteiger partial charge in [-0.15, -0.1) is 0 Å². The molecule has 0 aliphatic carbocycles. The third kappa shape index (κ3) is 3.11. The van der Waals surface area contributed by atoms with Crippen LogP contribution in [0.4, 0.5) is 13.2 Å². The van der Waals surface area contributed by atoms with E-state index in [9.17, 15) is 18.3 Å². The van der Waals surface area contributed by atoms with Gasteiger partial charge < -0.3 is 9.84 Å². The number of aryl methyl sites for hydroxylation is 1. The summed E-state index contributed by atoms with van der Waals surface area (Å²) in [6.45, 7) is 1.53. The van der Waals surface area contributed by atoms with Crippen molar-refractivity contribution in [3.8, 4) is 11.5 Å². The van der Waals surface area contributed by atoms with Crippen LogP contribution in [0.3, 0.4) is 0 Å². The molecule has 0 heterocycles. The van der Waals surface area contributed by atoms with Crippen molar-refractivity contribution in [3.63, 3.8) is 0 Å². The number of para-hydroxylation sites is 1. The van der Waals surface area contributed by atoms with E-state index < -0.39 is 11.7 Å². The van der Waals surface area contributed by atoms with Gasteiger partial charge in [-0.2, -0.15) is 13.2 Å². The molecule has 0 aliphatic rings. The van der Waals surface area contributed by atoms with E-state index in [2.05, 4.69) is 0 Å². The van der Waals surface area contributed by atoms with Crippen LogP contribution in [0, 0.1) is 6.92 Å². The molecule has 0 fully saturated rings. The highest BCUT2D eigenvalue weighted by Crippen LogP contribution is 2.38. The summed E-state index contributed by atoms with van der Waals surface area (Å²) in [6.07, 6.45) is -4.49. The van der Waals surface area contributed by atoms with Gasteiger partial charge >= 0.3 is 6.18 Å². The molecule has 2 nitrogen and oxygen atoms in total. The second-order valence-corrected chi connectivity index (χ2v) is 4.37. The van der Waals surface area contributed by atoms with Crippen LogP contribution in [0.25, 0.3) is 0 Å². The van der Waals surface area contributed by atoms with Gasteiger partial charge in [0, 0.05) is 5.56 Å². The first-order valence-electron chi connectivity index (χ1n) is 5.96. The van der Waals surface area contributed by atoms with Crippen molar-refractivity contribution in [2.75, 3.05) is 0 Å². The molecule has 106 valence electrons. The molecule has 20 heavy (non-hydrogen) atoms. The highest BCUT2D eigenvalue weighted by Gasteiger charge is 2.34. The molecule has 0 aliphatic heterocycles. The van der Waals surface area contributed by atoms with Crippen molar-refractivity contribution < 1.29 is 23.0 Å². The van der Waals surface area contributed by atoms with E-state index in [1.54, 1.807) is 18.2 Å². The summed E-state index contributed by atoms with van der Waals surface area (Å²) >= 11 is 0. The van der Waals surface area contributed by atoms with Crippen LogP contribution in [0.1, 0.15) is 16.7 Å². The van der Waals surface area contributed by atoms with Crippen molar-refractivity contribution in [2.24, 2.45) is 0 Å². The van der Waals surface area contributed by atoms with E-state index >= 15 is 0 Å². The Hall–Kier alpha value is -2.01. The third-order valence-electron chi connectivity index (χ3n) is 2.80. The van der Waals surface area contributed by atoms with E-state index in [1.165, 1.54) is 18.2 Å². The van der Waals surface area contributed by atoms with Crippen LogP contribution >= 0.6 is 0 Å². The van der Waals surface area contributed by atoms with Gasteiger partial charge in [0.15, 0.2) is 0 Å². The Morgan fingerprint density at radius 2 is 1.75 bits per heavy atom. The lowest BCUT2D eigenvalue weighted by Crippen LogP contribution is -2.07. The number of aliphatic hydroxyl groups excluding tert-OH is 1. The minimum Gasteiger partial charge on any atom is -0.456 e. The summed E-state index contributed by atoms with van der Waals surface area (Å²) in [5.41, 5.74) is 0.497. The van der Waals surface area contributed by atoms with Crippen LogP contribution in [0.2, 0.25) is 0 Å². The molecule has 2 aromatic rings. The van der Waals surface area contributed by atoms with Crippen LogP contribution in [0.5, 0.6) is 11.5 Å². The highest BCUT2D eigenvalue weighted by atomic mass is 19.4. The first kappa shape index (κ1) is 14.4. The quantitative estimate of drug-likeness (QED) is 0.909. The number of rotatable bonds is 3. The minimum atomic E-state index is -4.49. The number of aliphatic hydroxyl groups is 1. The molecular formula is C15H13F3O2. The summed E-state index contributed by atoms with van der Waals surface area (Å²) in [6, 6.07) is 9.92. The summed E-state index contributed by atoms with van der Waals surface area (Å²) in [5.74, 6) is -0.0617. The van der Waals surface area contributed by atoms with E-state index in [-0.39, 0.29) is 18.1 Å². The Labute approximate surface area is 114 Å². The molecule has 0 radical (unpaired) electrons. The van der Waals surface area contributed by atoms with Gasteiger partial charge in [-0.3, -0.25) is 0 Å². The van der Waals surface area contributed by atoms with Crippen LogP contribution in [0.15, 0.2) is 42.5 Å². The average molecular weight is 282 g/mol. The monoisotopic (exact) mass is 282 g/mol. The third-order valence-corrected chi connectivity index (χ3v) is 2.80. The Kier molecular flexibility index (Phi) is 3.99. The molecule has 0 amide bonds. The van der Waals surface area contributed by atoms with Crippen molar-refractivity contribution in [2.45, 2.75) is 19.7 Å². The van der Waals surface area contributed by atoms with Crippen molar-refractivity contribution in [1.29, 1.82) is 0 Å². The van der Waals surface area contributed by atoms with Gasteiger partial charge in [-0.25, -0.2) is 0 Å². The molecule has 0 atom stereocenters. The van der Waals surface area contributed by atoms with E-state index in [0.717, 1.165) is 11.6 Å². The van der Waals surface area contributed by atoms with E-state index in [0.29, 0.717) is 5.56 Å². The van der Waals surface area contributed by atoms with Crippen molar-refractivity contribution in [3.05, 3.63) is 59.2 Å². The fourth-order valence-electron chi connectivity index (χ4n) is 1.84.